The number of hydrogen-bond acceptors (Lipinski definition) is 3. The summed E-state index contributed by atoms with van der Waals surface area (Å²) in [6.07, 6.45) is 0. The van der Waals surface area contributed by atoms with Crippen molar-refractivity contribution in [3.63, 3.8) is 0 Å². The third-order valence-corrected chi connectivity index (χ3v) is 5.54. The molecule has 0 N–H and O–H groups in total. The van der Waals surface area contributed by atoms with Gasteiger partial charge < -0.3 is 4.57 Å². The Bertz CT molecular complexity index is 1140. The summed E-state index contributed by atoms with van der Waals surface area (Å²) < 4.78 is 26.7. The summed E-state index contributed by atoms with van der Waals surface area (Å²) in [6.45, 7) is 7.00. The predicted octanol–water partition coefficient (Wildman–Crippen LogP) is 3.06. The van der Waals surface area contributed by atoms with E-state index in [9.17, 15) is 13.2 Å². The van der Waals surface area contributed by atoms with Crippen molar-refractivity contribution in [1.82, 2.24) is 4.57 Å². The van der Waals surface area contributed by atoms with Gasteiger partial charge in [-0.15, -0.1) is 0 Å². The SMILES string of the molecule is [C-]#[N+]c1cccc(S(=O)(=O)Cc2ccc3c(ccc(=O)n3C)c2)c1. The second kappa shape index (κ2) is 5.95. The first-order valence-electron chi connectivity index (χ1n) is 7.20. The molecule has 0 atom stereocenters. The van der Waals surface area contributed by atoms with Gasteiger partial charge in [-0.1, -0.05) is 18.2 Å². The smallest absolute Gasteiger partial charge is 0.250 e. The Labute approximate surface area is 139 Å². The van der Waals surface area contributed by atoms with Crippen molar-refractivity contribution >= 4 is 26.4 Å². The highest BCUT2D eigenvalue weighted by atomic mass is 32.2. The molecule has 0 spiro atoms. The van der Waals surface area contributed by atoms with Crippen molar-refractivity contribution in [2.75, 3.05) is 0 Å². The number of hydrogen-bond donors (Lipinski definition) is 0. The number of nitrogens with zero attached hydrogens (tertiary/aromatic N) is 2. The molecule has 3 aromatic rings. The summed E-state index contributed by atoms with van der Waals surface area (Å²) in [5.74, 6) is -0.159. The van der Waals surface area contributed by atoms with Crippen molar-refractivity contribution < 1.29 is 8.42 Å². The van der Waals surface area contributed by atoms with E-state index >= 15 is 0 Å². The van der Waals surface area contributed by atoms with Gasteiger partial charge in [0, 0.05) is 13.1 Å². The molecule has 0 aliphatic heterocycles. The van der Waals surface area contributed by atoms with Crippen LogP contribution in [0.2, 0.25) is 0 Å². The van der Waals surface area contributed by atoms with Gasteiger partial charge in [0.25, 0.3) is 5.56 Å². The minimum absolute atomic E-state index is 0.112. The van der Waals surface area contributed by atoms with Gasteiger partial charge in [-0.3, -0.25) is 4.79 Å². The lowest BCUT2D eigenvalue weighted by Gasteiger charge is -2.08. The Morgan fingerprint density at radius 3 is 2.62 bits per heavy atom. The van der Waals surface area contributed by atoms with Gasteiger partial charge in [0.2, 0.25) is 0 Å². The first-order valence-corrected chi connectivity index (χ1v) is 8.85. The molecule has 0 saturated heterocycles. The van der Waals surface area contributed by atoms with Crippen molar-refractivity contribution in [3.8, 4) is 0 Å². The van der Waals surface area contributed by atoms with Crippen LogP contribution in [0, 0.1) is 6.57 Å². The molecule has 0 aliphatic carbocycles. The number of pyridine rings is 1. The summed E-state index contributed by atoms with van der Waals surface area (Å²) in [6, 6.07) is 14.4. The molecule has 0 saturated carbocycles. The summed E-state index contributed by atoms with van der Waals surface area (Å²) in [5, 5.41) is 0.805. The average molecular weight is 338 g/mol. The van der Waals surface area contributed by atoms with Crippen LogP contribution in [0.4, 0.5) is 5.69 Å². The first kappa shape index (κ1) is 16.0. The quantitative estimate of drug-likeness (QED) is 0.690. The lowest BCUT2D eigenvalue weighted by Crippen LogP contribution is -2.15. The molecule has 0 amide bonds. The zero-order valence-electron chi connectivity index (χ0n) is 12.9. The van der Waals surface area contributed by atoms with Gasteiger partial charge in [0.1, 0.15) is 0 Å². The van der Waals surface area contributed by atoms with Gasteiger partial charge in [-0.25, -0.2) is 13.3 Å². The maximum atomic E-state index is 12.6. The van der Waals surface area contributed by atoms with Crippen molar-refractivity contribution in [3.05, 3.63) is 81.9 Å². The first-order chi connectivity index (χ1) is 11.4. The fourth-order valence-electron chi connectivity index (χ4n) is 2.57. The normalized spacial score (nSPS) is 11.3. The predicted molar refractivity (Wildman–Crippen MR) is 92.8 cm³/mol. The van der Waals surface area contributed by atoms with Gasteiger partial charge >= 0.3 is 0 Å². The molecule has 0 radical (unpaired) electrons. The van der Waals surface area contributed by atoms with Crippen molar-refractivity contribution in [2.24, 2.45) is 7.05 Å². The minimum Gasteiger partial charge on any atom is -0.311 e. The maximum Gasteiger partial charge on any atom is 0.250 e. The summed E-state index contributed by atoms with van der Waals surface area (Å²) in [4.78, 5) is 15.0. The topological polar surface area (TPSA) is 60.5 Å². The summed E-state index contributed by atoms with van der Waals surface area (Å²) >= 11 is 0. The molecule has 1 heterocycles. The van der Waals surface area contributed by atoms with E-state index in [2.05, 4.69) is 4.85 Å². The molecule has 1 aromatic heterocycles. The lowest BCUT2D eigenvalue weighted by atomic mass is 10.1. The fraction of sp³-hybridized carbons (Fsp3) is 0.111. The molecule has 3 rings (SSSR count). The zero-order valence-corrected chi connectivity index (χ0v) is 13.7. The van der Waals surface area contributed by atoms with Crippen LogP contribution in [-0.4, -0.2) is 13.0 Å². The van der Waals surface area contributed by atoms with Crippen LogP contribution in [-0.2, 0) is 22.6 Å². The third-order valence-electron chi connectivity index (χ3n) is 3.85. The van der Waals surface area contributed by atoms with Crippen LogP contribution in [0.1, 0.15) is 5.56 Å². The Kier molecular flexibility index (Phi) is 3.96. The number of aryl methyl sites for hydroxylation is 1. The van der Waals surface area contributed by atoms with E-state index in [0.717, 1.165) is 10.9 Å². The van der Waals surface area contributed by atoms with Gasteiger partial charge in [0.05, 0.1) is 22.7 Å². The number of benzene rings is 2. The second-order valence-corrected chi connectivity index (χ2v) is 7.48. The summed E-state index contributed by atoms with van der Waals surface area (Å²) in [7, 11) is -1.87. The Morgan fingerprint density at radius 1 is 1.08 bits per heavy atom. The van der Waals surface area contributed by atoms with E-state index in [4.69, 9.17) is 6.57 Å². The van der Waals surface area contributed by atoms with E-state index < -0.39 is 9.84 Å². The molecule has 6 heteroatoms. The Hall–Kier alpha value is -2.91. The molecule has 24 heavy (non-hydrogen) atoms. The van der Waals surface area contributed by atoms with Crippen LogP contribution >= 0.6 is 0 Å². The van der Waals surface area contributed by atoms with Crippen LogP contribution in [0.3, 0.4) is 0 Å². The molecule has 0 fully saturated rings. The zero-order chi connectivity index (χ0) is 17.3. The van der Waals surface area contributed by atoms with Crippen molar-refractivity contribution in [1.29, 1.82) is 0 Å². The number of sulfone groups is 1. The molecule has 120 valence electrons. The number of rotatable bonds is 3. The monoisotopic (exact) mass is 338 g/mol. The molecule has 5 nitrogen and oxygen atoms in total. The second-order valence-electron chi connectivity index (χ2n) is 5.49. The van der Waals surface area contributed by atoms with Crippen LogP contribution in [0.5, 0.6) is 0 Å². The average Bonchev–Trinajstić information content (AvgIpc) is 2.58. The number of fused-ring (bicyclic) bond motifs is 1. The maximum absolute atomic E-state index is 12.6. The van der Waals surface area contributed by atoms with Gasteiger partial charge in [0.15, 0.2) is 15.5 Å². The molecule has 2 aromatic carbocycles. The fourth-order valence-corrected chi connectivity index (χ4v) is 3.94. The van der Waals surface area contributed by atoms with Crippen molar-refractivity contribution in [2.45, 2.75) is 10.6 Å². The Morgan fingerprint density at radius 2 is 1.88 bits per heavy atom. The van der Waals surface area contributed by atoms with E-state index in [0.29, 0.717) is 11.3 Å². The van der Waals surface area contributed by atoms with Gasteiger partial charge in [-0.05, 0) is 41.3 Å². The highest BCUT2D eigenvalue weighted by Crippen LogP contribution is 2.23. The van der Waals surface area contributed by atoms with Crippen LogP contribution in [0.25, 0.3) is 15.7 Å². The highest BCUT2D eigenvalue weighted by Gasteiger charge is 2.16. The highest BCUT2D eigenvalue weighted by molar-refractivity contribution is 7.90. The standard InChI is InChI=1S/C18H14N2O3S/c1-19-15-4-3-5-16(11-15)24(22,23)12-13-6-8-17-14(10-13)7-9-18(21)20(17)2/h3-11H,12H2,2H3. The van der Waals surface area contributed by atoms with Crippen LogP contribution in [0.15, 0.2) is 64.3 Å². The minimum atomic E-state index is -3.54. The van der Waals surface area contributed by atoms with E-state index in [-0.39, 0.29) is 16.2 Å². The molecule has 0 bridgehead atoms. The van der Waals surface area contributed by atoms with E-state index in [1.54, 1.807) is 43.4 Å². The lowest BCUT2D eigenvalue weighted by molar-refractivity contribution is 0.595. The largest absolute Gasteiger partial charge is 0.311 e. The molecular formula is C18H14N2O3S. The molecule has 0 aliphatic rings. The number of aromatic nitrogens is 1. The van der Waals surface area contributed by atoms with Crippen LogP contribution < -0.4 is 5.56 Å². The van der Waals surface area contributed by atoms with E-state index in [1.165, 1.54) is 22.8 Å². The summed E-state index contributed by atoms with van der Waals surface area (Å²) in [5.41, 5.74) is 1.57. The third kappa shape index (κ3) is 2.94. The molecular weight excluding hydrogens is 324 g/mol. The van der Waals surface area contributed by atoms with E-state index in [1.807, 2.05) is 0 Å². The Balaban J connectivity index is 2.01. The molecule has 0 unspecified atom stereocenters. The van der Waals surface area contributed by atoms with Gasteiger partial charge in [-0.2, -0.15) is 0 Å².